The Kier molecular flexibility index (Phi) is 6.61. The van der Waals surface area contributed by atoms with Crippen LogP contribution in [0.3, 0.4) is 0 Å². The molecule has 3 rings (SSSR count). The van der Waals surface area contributed by atoms with Crippen LogP contribution in [-0.4, -0.2) is 31.1 Å². The first-order valence-electron chi connectivity index (χ1n) is 9.58. The predicted octanol–water partition coefficient (Wildman–Crippen LogP) is 3.86. The van der Waals surface area contributed by atoms with Crippen LogP contribution in [0, 0.1) is 13.8 Å². The van der Waals surface area contributed by atoms with Crippen molar-refractivity contribution < 1.29 is 14.3 Å². The Morgan fingerprint density at radius 2 is 2.00 bits per heavy atom. The third-order valence-corrected chi connectivity index (χ3v) is 4.78. The summed E-state index contributed by atoms with van der Waals surface area (Å²) in [4.78, 5) is 24.9. The normalized spacial score (nSPS) is 16.3. The van der Waals surface area contributed by atoms with Gasteiger partial charge in [0.1, 0.15) is 0 Å². The topological polar surface area (TPSA) is 67.4 Å². The molecule has 1 heterocycles. The highest BCUT2D eigenvalue weighted by Gasteiger charge is 2.18. The van der Waals surface area contributed by atoms with Gasteiger partial charge in [-0.05, 0) is 56.0 Å². The first-order valence-corrected chi connectivity index (χ1v) is 9.58. The number of hydrogen-bond donors (Lipinski definition) is 2. The van der Waals surface area contributed by atoms with E-state index in [0.717, 1.165) is 30.6 Å². The van der Waals surface area contributed by atoms with E-state index < -0.39 is 0 Å². The van der Waals surface area contributed by atoms with Gasteiger partial charge in [0, 0.05) is 19.2 Å². The summed E-state index contributed by atoms with van der Waals surface area (Å²) in [7, 11) is 0. The third kappa shape index (κ3) is 5.30. The third-order valence-electron chi connectivity index (χ3n) is 4.78. The van der Waals surface area contributed by atoms with Crippen LogP contribution in [-0.2, 0) is 9.53 Å². The average Bonchev–Trinajstić information content (AvgIpc) is 3.19. The van der Waals surface area contributed by atoms with Crippen LogP contribution in [0.4, 0.5) is 5.69 Å². The van der Waals surface area contributed by atoms with Crippen molar-refractivity contribution in [2.24, 2.45) is 0 Å². The van der Waals surface area contributed by atoms with E-state index in [1.54, 1.807) is 30.3 Å². The molecule has 28 heavy (non-hydrogen) atoms. The molecular formula is C23H26N2O3. The van der Waals surface area contributed by atoms with Crippen molar-refractivity contribution in [2.75, 3.05) is 18.5 Å². The molecule has 2 N–H and O–H groups in total. The molecule has 1 unspecified atom stereocenters. The maximum absolute atomic E-state index is 12.5. The molecule has 1 aliphatic heterocycles. The lowest BCUT2D eigenvalue weighted by atomic mass is 10.1. The quantitative estimate of drug-likeness (QED) is 0.750. The number of anilines is 1. The van der Waals surface area contributed by atoms with Gasteiger partial charge >= 0.3 is 0 Å². The summed E-state index contributed by atoms with van der Waals surface area (Å²) in [5, 5.41) is 5.69. The molecule has 1 fully saturated rings. The van der Waals surface area contributed by atoms with Crippen molar-refractivity contribution in [3.8, 4) is 0 Å². The highest BCUT2D eigenvalue weighted by atomic mass is 16.5. The zero-order valence-corrected chi connectivity index (χ0v) is 16.3. The van der Waals surface area contributed by atoms with Crippen molar-refractivity contribution in [1.29, 1.82) is 0 Å². The minimum absolute atomic E-state index is 0.0754. The highest BCUT2D eigenvalue weighted by molar-refractivity contribution is 6.07. The van der Waals surface area contributed by atoms with Crippen LogP contribution in [0.25, 0.3) is 6.08 Å². The Morgan fingerprint density at radius 1 is 1.18 bits per heavy atom. The fourth-order valence-corrected chi connectivity index (χ4v) is 3.25. The van der Waals surface area contributed by atoms with Crippen molar-refractivity contribution in [3.63, 3.8) is 0 Å². The maximum Gasteiger partial charge on any atom is 0.253 e. The first kappa shape index (κ1) is 19.8. The number of nitrogens with one attached hydrogen (secondary N) is 2. The van der Waals surface area contributed by atoms with Gasteiger partial charge in [0.25, 0.3) is 5.91 Å². The number of aryl methyl sites for hydroxylation is 2. The minimum atomic E-state index is -0.278. The van der Waals surface area contributed by atoms with Crippen LogP contribution in [0.15, 0.2) is 48.5 Å². The fraction of sp³-hybridized carbons (Fsp3) is 0.304. The molecule has 1 saturated heterocycles. The number of carbonyl (C=O) groups is 2. The van der Waals surface area contributed by atoms with E-state index >= 15 is 0 Å². The fourth-order valence-electron chi connectivity index (χ4n) is 3.25. The minimum Gasteiger partial charge on any atom is -0.376 e. The van der Waals surface area contributed by atoms with Crippen LogP contribution >= 0.6 is 0 Å². The Hall–Kier alpha value is -2.92. The van der Waals surface area contributed by atoms with Gasteiger partial charge in [0.05, 0.1) is 17.4 Å². The van der Waals surface area contributed by atoms with Crippen molar-refractivity contribution in [3.05, 3.63) is 70.8 Å². The molecular weight excluding hydrogens is 352 g/mol. The second-order valence-electron chi connectivity index (χ2n) is 7.07. The Labute approximate surface area is 165 Å². The average molecular weight is 378 g/mol. The van der Waals surface area contributed by atoms with E-state index in [9.17, 15) is 9.59 Å². The number of benzene rings is 2. The second kappa shape index (κ2) is 9.33. The Morgan fingerprint density at radius 3 is 2.75 bits per heavy atom. The van der Waals surface area contributed by atoms with Crippen LogP contribution in [0.5, 0.6) is 0 Å². The summed E-state index contributed by atoms with van der Waals surface area (Å²) in [6.45, 7) is 5.28. The highest BCUT2D eigenvalue weighted by Crippen LogP contribution is 2.17. The van der Waals surface area contributed by atoms with Crippen molar-refractivity contribution >= 4 is 23.6 Å². The van der Waals surface area contributed by atoms with Crippen LogP contribution in [0.2, 0.25) is 0 Å². The van der Waals surface area contributed by atoms with Gasteiger partial charge in [-0.2, -0.15) is 0 Å². The van der Waals surface area contributed by atoms with Crippen LogP contribution in [0.1, 0.15) is 39.9 Å². The second-order valence-corrected chi connectivity index (χ2v) is 7.07. The lowest BCUT2D eigenvalue weighted by Crippen LogP contribution is -2.32. The van der Waals surface area contributed by atoms with Gasteiger partial charge in [0.15, 0.2) is 0 Å². The summed E-state index contributed by atoms with van der Waals surface area (Å²) in [5.41, 5.74) is 4.21. The van der Waals surface area contributed by atoms with Gasteiger partial charge in [-0.15, -0.1) is 0 Å². The molecule has 0 saturated carbocycles. The monoisotopic (exact) mass is 378 g/mol. The first-order chi connectivity index (χ1) is 13.5. The van der Waals surface area contributed by atoms with Gasteiger partial charge in [-0.3, -0.25) is 9.59 Å². The summed E-state index contributed by atoms with van der Waals surface area (Å²) < 4.78 is 5.53. The van der Waals surface area contributed by atoms with E-state index in [4.69, 9.17) is 4.74 Å². The van der Waals surface area contributed by atoms with E-state index in [1.807, 2.05) is 26.0 Å². The molecule has 146 valence electrons. The number of carbonyl (C=O) groups excluding carboxylic acids is 2. The van der Waals surface area contributed by atoms with Crippen molar-refractivity contribution in [2.45, 2.75) is 32.8 Å². The number of rotatable bonds is 6. The number of para-hydroxylation sites is 1. The van der Waals surface area contributed by atoms with Gasteiger partial charge in [0.2, 0.25) is 5.91 Å². The molecule has 0 bridgehead atoms. The molecule has 1 atom stereocenters. The molecule has 0 spiro atoms. The summed E-state index contributed by atoms with van der Waals surface area (Å²) in [6, 6.07) is 13.1. The number of hydrogen-bond acceptors (Lipinski definition) is 3. The molecule has 0 radical (unpaired) electrons. The lowest BCUT2D eigenvalue weighted by molar-refractivity contribution is -0.111. The molecule has 5 heteroatoms. The maximum atomic E-state index is 12.5. The SMILES string of the molecule is Cc1ccc(/C=C/C(=O)Nc2ccccc2C(=O)NCC2CCCO2)c(C)c1. The number of ether oxygens (including phenoxy) is 1. The standard InChI is InChI=1S/C23H26N2O3/c1-16-9-10-18(17(2)14-16)11-12-22(26)25-21-8-4-3-7-20(21)23(27)24-15-19-6-5-13-28-19/h3-4,7-12,14,19H,5-6,13,15H2,1-2H3,(H,24,27)(H,25,26)/b12-11+. The summed E-state index contributed by atoms with van der Waals surface area (Å²) >= 11 is 0. The molecule has 5 nitrogen and oxygen atoms in total. The largest absolute Gasteiger partial charge is 0.376 e. The molecule has 2 aromatic carbocycles. The lowest BCUT2D eigenvalue weighted by Gasteiger charge is -2.13. The molecule has 0 aliphatic carbocycles. The van der Waals surface area contributed by atoms with Crippen LogP contribution < -0.4 is 10.6 Å². The summed E-state index contributed by atoms with van der Waals surface area (Å²) in [5.74, 6) is -0.496. The van der Waals surface area contributed by atoms with E-state index in [0.29, 0.717) is 17.8 Å². The van der Waals surface area contributed by atoms with Gasteiger partial charge < -0.3 is 15.4 Å². The van der Waals surface area contributed by atoms with Crippen molar-refractivity contribution in [1.82, 2.24) is 5.32 Å². The summed E-state index contributed by atoms with van der Waals surface area (Å²) in [6.07, 6.45) is 5.33. The van der Waals surface area contributed by atoms with Gasteiger partial charge in [-0.25, -0.2) is 0 Å². The molecule has 0 aromatic heterocycles. The van der Waals surface area contributed by atoms with E-state index in [1.165, 1.54) is 11.6 Å². The zero-order valence-electron chi connectivity index (χ0n) is 16.3. The number of amides is 2. The molecule has 1 aliphatic rings. The van der Waals surface area contributed by atoms with Gasteiger partial charge in [-0.1, -0.05) is 35.9 Å². The molecule has 2 amide bonds. The Bertz CT molecular complexity index is 883. The van der Waals surface area contributed by atoms with E-state index in [-0.39, 0.29) is 17.9 Å². The Balaban J connectivity index is 1.64. The smallest absolute Gasteiger partial charge is 0.253 e. The zero-order chi connectivity index (χ0) is 19.9. The predicted molar refractivity (Wildman–Crippen MR) is 111 cm³/mol. The van der Waals surface area contributed by atoms with E-state index in [2.05, 4.69) is 16.7 Å². The molecule has 2 aromatic rings.